The van der Waals surface area contributed by atoms with E-state index in [1.165, 1.54) is 0 Å². The summed E-state index contributed by atoms with van der Waals surface area (Å²) in [6.45, 7) is -0.264. The van der Waals surface area contributed by atoms with Gasteiger partial charge < -0.3 is 4.90 Å². The summed E-state index contributed by atoms with van der Waals surface area (Å²) in [5.41, 5.74) is -2.29. The number of halogens is 7. The Balaban J connectivity index is 1.84. The molecule has 2 nitrogen and oxygen atoms in total. The molecule has 0 bridgehead atoms. The second-order valence-corrected chi connectivity index (χ2v) is 6.20. The number of rotatable bonds is 2. The maximum absolute atomic E-state index is 13.5. The highest BCUT2D eigenvalue weighted by atomic mass is 19.4. The Morgan fingerprint density at radius 2 is 1.62 bits per heavy atom. The molecule has 1 aromatic rings. The molecule has 1 aromatic carbocycles. The molecule has 3 rings (SSSR count). The molecule has 1 unspecified atom stereocenters. The predicted molar refractivity (Wildman–Crippen MR) is 77.2 cm³/mol. The number of likely N-dealkylation sites (tertiary alicyclic amines) is 1. The Hall–Kier alpha value is -2.32. The Morgan fingerprint density at radius 1 is 1.00 bits per heavy atom. The Bertz CT molecular complexity index is 787. The van der Waals surface area contributed by atoms with Crippen LogP contribution >= 0.6 is 0 Å². The first-order valence-corrected chi connectivity index (χ1v) is 7.59. The van der Waals surface area contributed by atoms with Gasteiger partial charge in [-0.25, -0.2) is 4.39 Å². The van der Waals surface area contributed by atoms with E-state index in [9.17, 15) is 35.5 Å². The molecule has 1 fully saturated rings. The standard InChI is InChI=1S/C17H12F7NO/c18-12-5-10-8-25(15(26)14(10)13(6-12)17(22,23)24)7-9-1-3-11(4-2-9)16(19,20)21/h1-4,6,10H,5,7-8H2. The molecule has 0 aromatic heterocycles. The third kappa shape index (κ3) is 3.47. The molecule has 0 N–H and O–H groups in total. The van der Waals surface area contributed by atoms with Gasteiger partial charge >= 0.3 is 12.4 Å². The fourth-order valence-electron chi connectivity index (χ4n) is 3.21. The number of amides is 1. The predicted octanol–water partition coefficient (Wildman–Crippen LogP) is 4.78. The highest BCUT2D eigenvalue weighted by Crippen LogP contribution is 2.43. The zero-order chi connectivity index (χ0) is 19.3. The van der Waals surface area contributed by atoms with E-state index in [0.717, 1.165) is 29.2 Å². The molecule has 9 heteroatoms. The van der Waals surface area contributed by atoms with Gasteiger partial charge in [-0.15, -0.1) is 0 Å². The fourth-order valence-corrected chi connectivity index (χ4v) is 3.21. The summed E-state index contributed by atoms with van der Waals surface area (Å²) in [6.07, 6.45) is -9.33. The number of carbonyl (C=O) groups is 1. The van der Waals surface area contributed by atoms with Crippen LogP contribution in [0.2, 0.25) is 0 Å². The molecule has 2 aliphatic rings. The van der Waals surface area contributed by atoms with Crippen LogP contribution < -0.4 is 0 Å². The number of hydrogen-bond donors (Lipinski definition) is 0. The van der Waals surface area contributed by atoms with Crippen molar-refractivity contribution in [2.24, 2.45) is 5.92 Å². The minimum atomic E-state index is -4.86. The summed E-state index contributed by atoms with van der Waals surface area (Å²) in [5.74, 6) is -2.74. The summed E-state index contributed by atoms with van der Waals surface area (Å²) in [6, 6.07) is 4.00. The molecule has 1 amide bonds. The van der Waals surface area contributed by atoms with Gasteiger partial charge in [-0.2, -0.15) is 26.3 Å². The van der Waals surface area contributed by atoms with E-state index in [-0.39, 0.29) is 19.5 Å². The number of nitrogens with zero attached hydrogens (tertiary/aromatic N) is 1. The lowest BCUT2D eigenvalue weighted by Gasteiger charge is -2.19. The van der Waals surface area contributed by atoms with Gasteiger partial charge in [0, 0.05) is 31.0 Å². The number of hydrogen-bond acceptors (Lipinski definition) is 1. The summed E-state index contributed by atoms with van der Waals surface area (Å²) >= 11 is 0. The van der Waals surface area contributed by atoms with E-state index >= 15 is 0 Å². The van der Waals surface area contributed by atoms with Crippen LogP contribution in [0.15, 0.2) is 47.3 Å². The quantitative estimate of drug-likeness (QED) is 0.678. The molecule has 1 saturated heterocycles. The highest BCUT2D eigenvalue weighted by molar-refractivity contribution is 5.98. The average Bonchev–Trinajstić information content (AvgIpc) is 2.81. The minimum absolute atomic E-state index is 0.115. The van der Waals surface area contributed by atoms with Crippen molar-refractivity contribution in [3.63, 3.8) is 0 Å². The van der Waals surface area contributed by atoms with E-state index in [1.54, 1.807) is 0 Å². The Kier molecular flexibility index (Phi) is 4.36. The van der Waals surface area contributed by atoms with E-state index < -0.39 is 46.7 Å². The number of benzene rings is 1. The van der Waals surface area contributed by atoms with Crippen LogP contribution in [0.25, 0.3) is 0 Å². The van der Waals surface area contributed by atoms with Crippen LogP contribution in [0.3, 0.4) is 0 Å². The Morgan fingerprint density at radius 3 is 2.15 bits per heavy atom. The largest absolute Gasteiger partial charge is 0.416 e. The third-order valence-electron chi connectivity index (χ3n) is 4.36. The van der Waals surface area contributed by atoms with Gasteiger partial charge in [-0.3, -0.25) is 4.79 Å². The molecule has 1 aliphatic heterocycles. The van der Waals surface area contributed by atoms with E-state index in [0.29, 0.717) is 11.6 Å². The van der Waals surface area contributed by atoms with Gasteiger partial charge in [-0.1, -0.05) is 12.1 Å². The van der Waals surface area contributed by atoms with E-state index in [4.69, 9.17) is 0 Å². The zero-order valence-corrected chi connectivity index (χ0v) is 13.1. The monoisotopic (exact) mass is 379 g/mol. The first-order valence-electron chi connectivity index (χ1n) is 7.59. The van der Waals surface area contributed by atoms with Crippen LogP contribution in [-0.2, 0) is 17.5 Å². The van der Waals surface area contributed by atoms with Crippen molar-refractivity contribution >= 4 is 5.91 Å². The average molecular weight is 379 g/mol. The SMILES string of the molecule is O=C1C2=C(C(F)(F)F)C=C(F)CC2CN1Cc1ccc(C(F)(F)F)cc1. The third-order valence-corrected chi connectivity index (χ3v) is 4.36. The van der Waals surface area contributed by atoms with E-state index in [2.05, 4.69) is 0 Å². The normalized spacial score (nSPS) is 21.2. The molecule has 1 heterocycles. The lowest BCUT2D eigenvalue weighted by atomic mass is 9.88. The second kappa shape index (κ2) is 6.14. The van der Waals surface area contributed by atoms with Gasteiger partial charge in [0.2, 0.25) is 0 Å². The molecule has 0 saturated carbocycles. The highest BCUT2D eigenvalue weighted by Gasteiger charge is 2.46. The lowest BCUT2D eigenvalue weighted by molar-refractivity contribution is -0.137. The summed E-state index contributed by atoms with van der Waals surface area (Å²) in [5, 5.41) is 0. The summed E-state index contributed by atoms with van der Waals surface area (Å²) in [7, 11) is 0. The smallest absolute Gasteiger partial charge is 0.334 e. The summed E-state index contributed by atoms with van der Waals surface area (Å²) < 4.78 is 90.5. The van der Waals surface area contributed by atoms with Crippen molar-refractivity contribution in [1.82, 2.24) is 4.90 Å². The second-order valence-electron chi connectivity index (χ2n) is 6.20. The first-order chi connectivity index (χ1) is 12.0. The van der Waals surface area contributed by atoms with Crippen LogP contribution in [0.1, 0.15) is 17.5 Å². The topological polar surface area (TPSA) is 20.3 Å². The molecule has 0 spiro atoms. The maximum Gasteiger partial charge on any atom is 0.416 e. The Labute approximate surface area is 143 Å². The molecule has 0 radical (unpaired) electrons. The molecule has 26 heavy (non-hydrogen) atoms. The molecular formula is C17H12F7NO. The van der Waals surface area contributed by atoms with Gasteiger partial charge in [0.25, 0.3) is 5.91 Å². The van der Waals surface area contributed by atoms with Gasteiger partial charge in [0.15, 0.2) is 0 Å². The van der Waals surface area contributed by atoms with Crippen molar-refractivity contribution < 1.29 is 35.5 Å². The minimum Gasteiger partial charge on any atom is -0.334 e. The maximum atomic E-state index is 13.5. The molecular weight excluding hydrogens is 367 g/mol. The number of allylic oxidation sites excluding steroid dienone is 3. The molecule has 1 atom stereocenters. The lowest BCUT2D eigenvalue weighted by Crippen LogP contribution is -2.26. The fraction of sp³-hybridized carbons (Fsp3) is 0.353. The van der Waals surface area contributed by atoms with Crippen molar-refractivity contribution in [2.75, 3.05) is 6.54 Å². The van der Waals surface area contributed by atoms with Crippen molar-refractivity contribution in [3.05, 3.63) is 58.4 Å². The van der Waals surface area contributed by atoms with Crippen LogP contribution in [0, 0.1) is 5.92 Å². The number of carbonyl (C=O) groups excluding carboxylic acids is 1. The molecule has 1 aliphatic carbocycles. The first kappa shape index (κ1) is 18.5. The van der Waals surface area contributed by atoms with Crippen molar-refractivity contribution in [1.29, 1.82) is 0 Å². The van der Waals surface area contributed by atoms with Gasteiger partial charge in [0.1, 0.15) is 5.83 Å². The molecule has 140 valence electrons. The van der Waals surface area contributed by atoms with Crippen LogP contribution in [0.5, 0.6) is 0 Å². The van der Waals surface area contributed by atoms with Crippen LogP contribution in [-0.4, -0.2) is 23.5 Å². The van der Waals surface area contributed by atoms with Crippen molar-refractivity contribution in [3.8, 4) is 0 Å². The van der Waals surface area contributed by atoms with Crippen molar-refractivity contribution in [2.45, 2.75) is 25.3 Å². The number of fused-ring (bicyclic) bond motifs is 1. The summed E-state index contributed by atoms with van der Waals surface area (Å²) in [4.78, 5) is 13.5. The van der Waals surface area contributed by atoms with E-state index in [1.807, 2.05) is 0 Å². The number of alkyl halides is 6. The zero-order valence-electron chi connectivity index (χ0n) is 13.1. The van der Waals surface area contributed by atoms with Gasteiger partial charge in [-0.05, 0) is 23.8 Å². The van der Waals surface area contributed by atoms with Crippen LogP contribution in [0.4, 0.5) is 30.7 Å². The van der Waals surface area contributed by atoms with Gasteiger partial charge in [0.05, 0.1) is 11.1 Å².